The molecule has 0 saturated carbocycles. The Morgan fingerprint density at radius 2 is 1.83 bits per heavy atom. The highest BCUT2D eigenvalue weighted by Gasteiger charge is 2.32. The van der Waals surface area contributed by atoms with E-state index in [0.29, 0.717) is 6.61 Å². The Kier molecular flexibility index (Phi) is 8.81. The molecule has 0 amide bonds. The van der Waals surface area contributed by atoms with Crippen LogP contribution in [0.3, 0.4) is 0 Å². The molecule has 1 aromatic rings. The maximum Gasteiger partial charge on any atom is 0.327 e. The zero-order chi connectivity index (χ0) is 18.3. The lowest BCUT2D eigenvalue weighted by molar-refractivity contribution is -0.146. The third-order valence-corrected chi connectivity index (χ3v) is 5.63. The number of ether oxygens (including phenoxy) is 1. The molecule has 1 rings (SSSR count). The van der Waals surface area contributed by atoms with Gasteiger partial charge in [-0.25, -0.2) is 0 Å². The van der Waals surface area contributed by atoms with Crippen molar-refractivity contribution in [2.75, 3.05) is 6.61 Å². The van der Waals surface area contributed by atoms with Crippen molar-refractivity contribution in [3.63, 3.8) is 0 Å². The zero-order valence-electron chi connectivity index (χ0n) is 15.8. The van der Waals surface area contributed by atoms with Crippen LogP contribution in [-0.4, -0.2) is 23.2 Å². The first kappa shape index (κ1) is 21.0. The summed E-state index contributed by atoms with van der Waals surface area (Å²) in [4.78, 5) is 13.1. The molecular formula is C19H31NO3S. The van der Waals surface area contributed by atoms with Gasteiger partial charge < -0.3 is 9.29 Å². The Bertz CT molecular complexity index is 524. The number of carbonyl (C=O) groups is 1. The van der Waals surface area contributed by atoms with Crippen LogP contribution in [0.25, 0.3) is 0 Å². The maximum atomic E-state index is 12.9. The fourth-order valence-corrected chi connectivity index (χ4v) is 4.33. The van der Waals surface area contributed by atoms with E-state index >= 15 is 0 Å². The predicted molar refractivity (Wildman–Crippen MR) is 99.3 cm³/mol. The first-order valence-corrected chi connectivity index (χ1v) is 9.89. The molecule has 5 heteroatoms. The van der Waals surface area contributed by atoms with Gasteiger partial charge in [0, 0.05) is 11.1 Å². The Balaban J connectivity index is 2.98. The van der Waals surface area contributed by atoms with Gasteiger partial charge in [0.05, 0.1) is 18.0 Å². The fourth-order valence-electron chi connectivity index (χ4n) is 2.95. The molecule has 0 heterocycles. The molecule has 0 spiro atoms. The minimum atomic E-state index is -1.45. The Labute approximate surface area is 149 Å². The SMILES string of the molecule is CCCCC(C)C(N[S+]([O-])c1c(C)cc(C)cc1C)C(=O)OCC. The summed E-state index contributed by atoms with van der Waals surface area (Å²) in [6.07, 6.45) is 3.00. The van der Waals surface area contributed by atoms with E-state index in [0.717, 1.165) is 40.8 Å². The second-order valence-corrected chi connectivity index (χ2v) is 7.65. The first-order chi connectivity index (χ1) is 11.3. The van der Waals surface area contributed by atoms with E-state index in [9.17, 15) is 9.35 Å². The lowest BCUT2D eigenvalue weighted by atomic mass is 9.96. The van der Waals surface area contributed by atoms with E-state index in [1.807, 2.05) is 39.8 Å². The molecule has 0 fully saturated rings. The summed E-state index contributed by atoms with van der Waals surface area (Å²) in [6, 6.07) is 3.47. The zero-order valence-corrected chi connectivity index (χ0v) is 16.6. The van der Waals surface area contributed by atoms with Gasteiger partial charge in [0.25, 0.3) is 0 Å². The number of benzene rings is 1. The molecule has 0 radical (unpaired) electrons. The van der Waals surface area contributed by atoms with Gasteiger partial charge in [0.1, 0.15) is 0 Å². The van der Waals surface area contributed by atoms with Crippen LogP contribution in [-0.2, 0) is 20.9 Å². The summed E-state index contributed by atoms with van der Waals surface area (Å²) in [6.45, 7) is 12.2. The van der Waals surface area contributed by atoms with Crippen molar-refractivity contribution in [1.29, 1.82) is 0 Å². The second kappa shape index (κ2) is 10.1. The fraction of sp³-hybridized carbons (Fsp3) is 0.632. The molecule has 0 aliphatic heterocycles. The van der Waals surface area contributed by atoms with Gasteiger partial charge in [-0.3, -0.25) is 4.79 Å². The van der Waals surface area contributed by atoms with Crippen molar-refractivity contribution in [3.05, 3.63) is 28.8 Å². The number of esters is 1. The number of nitrogens with one attached hydrogen (secondary N) is 1. The summed E-state index contributed by atoms with van der Waals surface area (Å²) in [5.74, 6) is -0.254. The van der Waals surface area contributed by atoms with Crippen molar-refractivity contribution in [1.82, 2.24) is 4.72 Å². The van der Waals surface area contributed by atoms with Crippen molar-refractivity contribution >= 4 is 17.3 Å². The van der Waals surface area contributed by atoms with Crippen LogP contribution in [0.5, 0.6) is 0 Å². The summed E-state index contributed by atoms with van der Waals surface area (Å²) >= 11 is -1.45. The number of aryl methyl sites for hydroxylation is 3. The second-order valence-electron chi connectivity index (χ2n) is 6.46. The van der Waals surface area contributed by atoms with Crippen molar-refractivity contribution < 1.29 is 14.1 Å². The van der Waals surface area contributed by atoms with Crippen LogP contribution >= 0.6 is 0 Å². The van der Waals surface area contributed by atoms with E-state index in [-0.39, 0.29) is 11.9 Å². The number of hydrogen-bond donors (Lipinski definition) is 1. The molecule has 0 aromatic heterocycles. The number of rotatable bonds is 9. The summed E-state index contributed by atoms with van der Waals surface area (Å²) < 4.78 is 21.1. The molecule has 0 bridgehead atoms. The smallest absolute Gasteiger partial charge is 0.327 e. The molecule has 136 valence electrons. The highest BCUT2D eigenvalue weighted by Crippen LogP contribution is 2.23. The lowest BCUT2D eigenvalue weighted by Crippen LogP contribution is -2.46. The third-order valence-electron chi connectivity index (χ3n) is 4.15. The first-order valence-electron chi connectivity index (χ1n) is 8.74. The van der Waals surface area contributed by atoms with Gasteiger partial charge in [-0.1, -0.05) is 44.4 Å². The molecule has 1 N–H and O–H groups in total. The quantitative estimate of drug-likeness (QED) is 0.539. The number of unbranched alkanes of at least 4 members (excludes halogenated alkanes) is 1. The minimum absolute atomic E-state index is 0.0685. The van der Waals surface area contributed by atoms with Crippen molar-refractivity contribution in [2.45, 2.75) is 71.7 Å². The monoisotopic (exact) mass is 353 g/mol. The summed E-state index contributed by atoms with van der Waals surface area (Å²) in [5.41, 5.74) is 3.09. The van der Waals surface area contributed by atoms with Gasteiger partial charge >= 0.3 is 5.97 Å². The molecule has 3 atom stereocenters. The Hall–Kier alpha value is -1.04. The topological polar surface area (TPSA) is 61.4 Å². The van der Waals surface area contributed by atoms with Crippen LogP contribution in [0, 0.1) is 26.7 Å². The van der Waals surface area contributed by atoms with Crippen LogP contribution in [0.4, 0.5) is 0 Å². The van der Waals surface area contributed by atoms with E-state index in [2.05, 4.69) is 11.6 Å². The molecule has 0 saturated heterocycles. The minimum Gasteiger partial charge on any atom is -0.593 e. The van der Waals surface area contributed by atoms with Crippen molar-refractivity contribution in [3.8, 4) is 0 Å². The van der Waals surface area contributed by atoms with Crippen LogP contribution in [0.2, 0.25) is 0 Å². The standard InChI is InChI=1S/C19H31NO3S/c1-7-9-10-14(4)17(19(21)23-8-2)20-24(22)18-15(5)11-13(3)12-16(18)6/h11-12,14,17,20H,7-10H2,1-6H3. The van der Waals surface area contributed by atoms with Gasteiger partial charge in [0.15, 0.2) is 10.9 Å². The highest BCUT2D eigenvalue weighted by atomic mass is 32.2. The van der Waals surface area contributed by atoms with Gasteiger partial charge in [-0.05, 0) is 40.0 Å². The Morgan fingerprint density at radius 3 is 2.33 bits per heavy atom. The Morgan fingerprint density at radius 1 is 1.25 bits per heavy atom. The normalized spacial score (nSPS) is 15.0. The van der Waals surface area contributed by atoms with E-state index < -0.39 is 17.4 Å². The molecule has 0 aliphatic rings. The molecule has 4 nitrogen and oxygen atoms in total. The molecule has 0 aliphatic carbocycles. The molecular weight excluding hydrogens is 322 g/mol. The average molecular weight is 354 g/mol. The van der Waals surface area contributed by atoms with Crippen LogP contribution in [0.1, 0.15) is 56.7 Å². The largest absolute Gasteiger partial charge is 0.593 e. The van der Waals surface area contributed by atoms with Gasteiger partial charge in [-0.15, -0.1) is 4.72 Å². The summed E-state index contributed by atoms with van der Waals surface area (Å²) in [5, 5.41) is 0. The number of carbonyl (C=O) groups excluding carboxylic acids is 1. The average Bonchev–Trinajstić information content (AvgIpc) is 2.49. The molecule has 24 heavy (non-hydrogen) atoms. The van der Waals surface area contributed by atoms with Crippen molar-refractivity contribution in [2.24, 2.45) is 5.92 Å². The molecule has 1 aromatic carbocycles. The number of hydrogen-bond acceptors (Lipinski definition) is 4. The van der Waals surface area contributed by atoms with Gasteiger partial charge in [0.2, 0.25) is 0 Å². The predicted octanol–water partition coefficient (Wildman–Crippen LogP) is 3.98. The summed E-state index contributed by atoms with van der Waals surface area (Å²) in [7, 11) is 0. The van der Waals surface area contributed by atoms with E-state index in [1.54, 1.807) is 6.92 Å². The highest BCUT2D eigenvalue weighted by molar-refractivity contribution is 7.89. The van der Waals surface area contributed by atoms with Crippen LogP contribution < -0.4 is 4.72 Å². The van der Waals surface area contributed by atoms with Crippen LogP contribution in [0.15, 0.2) is 17.0 Å². The molecule has 3 unspecified atom stereocenters. The maximum absolute atomic E-state index is 12.9. The third kappa shape index (κ3) is 5.80. The van der Waals surface area contributed by atoms with E-state index in [1.165, 1.54) is 0 Å². The van der Waals surface area contributed by atoms with Gasteiger partial charge in [-0.2, -0.15) is 0 Å². The van der Waals surface area contributed by atoms with E-state index in [4.69, 9.17) is 4.74 Å². The lowest BCUT2D eigenvalue weighted by Gasteiger charge is -2.25.